The molecule has 104 valence electrons. The molecule has 0 bridgehead atoms. The Bertz CT molecular complexity index is 444. The largest absolute Gasteiger partial charge is 0.409 e. The lowest BCUT2D eigenvalue weighted by molar-refractivity contribution is 0.0458. The quantitative estimate of drug-likeness (QED) is 0.358. The Kier molecular flexibility index (Phi) is 4.51. The van der Waals surface area contributed by atoms with Crippen LogP contribution in [0.25, 0.3) is 0 Å². The first kappa shape index (κ1) is 13.5. The molecule has 1 fully saturated rings. The van der Waals surface area contributed by atoms with Crippen LogP contribution in [0.3, 0.4) is 0 Å². The summed E-state index contributed by atoms with van der Waals surface area (Å²) >= 11 is 0. The van der Waals surface area contributed by atoms with Crippen molar-refractivity contribution in [3.8, 4) is 0 Å². The minimum Gasteiger partial charge on any atom is -0.409 e. The first-order valence-electron chi connectivity index (χ1n) is 6.42. The highest BCUT2D eigenvalue weighted by Crippen LogP contribution is 2.22. The molecular formula is C12H19N5O2. The van der Waals surface area contributed by atoms with E-state index in [9.17, 15) is 0 Å². The molecule has 1 saturated heterocycles. The smallest absolute Gasteiger partial charge is 0.173 e. The third kappa shape index (κ3) is 3.11. The van der Waals surface area contributed by atoms with Crippen molar-refractivity contribution in [2.45, 2.75) is 25.9 Å². The van der Waals surface area contributed by atoms with Crippen LogP contribution in [0.2, 0.25) is 0 Å². The number of hydrogen-bond donors (Lipinski definition) is 2. The molecule has 2 heterocycles. The Hall–Kier alpha value is -1.89. The SMILES string of the molecule is CCOC1CCN(c2nnccc2/C(N)=N/O)CC1. The van der Waals surface area contributed by atoms with Gasteiger partial charge in [-0.2, -0.15) is 5.10 Å². The number of nitrogens with zero attached hydrogens (tertiary/aromatic N) is 4. The van der Waals surface area contributed by atoms with Gasteiger partial charge in [-0.15, -0.1) is 5.10 Å². The summed E-state index contributed by atoms with van der Waals surface area (Å²) in [5.41, 5.74) is 6.26. The molecule has 19 heavy (non-hydrogen) atoms. The third-order valence-electron chi connectivity index (χ3n) is 3.23. The minimum absolute atomic E-state index is 0.0526. The van der Waals surface area contributed by atoms with Gasteiger partial charge in [0.05, 0.1) is 17.9 Å². The number of amidine groups is 1. The highest BCUT2D eigenvalue weighted by atomic mass is 16.5. The molecule has 0 aromatic carbocycles. The monoisotopic (exact) mass is 265 g/mol. The van der Waals surface area contributed by atoms with Crippen LogP contribution in [0, 0.1) is 0 Å². The highest BCUT2D eigenvalue weighted by Gasteiger charge is 2.23. The molecule has 0 saturated carbocycles. The van der Waals surface area contributed by atoms with Crippen LogP contribution >= 0.6 is 0 Å². The molecule has 0 atom stereocenters. The average Bonchev–Trinajstić information content (AvgIpc) is 2.47. The molecule has 0 unspecified atom stereocenters. The van der Waals surface area contributed by atoms with E-state index in [-0.39, 0.29) is 5.84 Å². The summed E-state index contributed by atoms with van der Waals surface area (Å²) in [5.74, 6) is 0.713. The van der Waals surface area contributed by atoms with E-state index in [2.05, 4.69) is 20.3 Å². The molecule has 1 aromatic rings. The lowest BCUT2D eigenvalue weighted by atomic mass is 10.1. The van der Waals surface area contributed by atoms with Crippen molar-refractivity contribution < 1.29 is 9.94 Å². The fourth-order valence-electron chi connectivity index (χ4n) is 2.28. The van der Waals surface area contributed by atoms with E-state index in [0.717, 1.165) is 32.5 Å². The zero-order valence-corrected chi connectivity index (χ0v) is 11.0. The topological polar surface area (TPSA) is 96.9 Å². The number of nitrogens with two attached hydrogens (primary N) is 1. The van der Waals surface area contributed by atoms with Gasteiger partial charge < -0.3 is 20.6 Å². The molecule has 0 aliphatic carbocycles. The van der Waals surface area contributed by atoms with E-state index in [1.54, 1.807) is 6.07 Å². The predicted molar refractivity (Wildman–Crippen MR) is 71.4 cm³/mol. The summed E-state index contributed by atoms with van der Waals surface area (Å²) in [5, 5.41) is 19.8. The van der Waals surface area contributed by atoms with Crippen LogP contribution in [-0.4, -0.2) is 47.0 Å². The summed E-state index contributed by atoms with van der Waals surface area (Å²) in [4.78, 5) is 2.09. The molecule has 1 aliphatic heterocycles. The van der Waals surface area contributed by atoms with Gasteiger partial charge in [0.2, 0.25) is 0 Å². The van der Waals surface area contributed by atoms with E-state index in [1.807, 2.05) is 6.92 Å². The zero-order chi connectivity index (χ0) is 13.7. The van der Waals surface area contributed by atoms with Gasteiger partial charge in [-0.1, -0.05) is 5.16 Å². The first-order chi connectivity index (χ1) is 9.26. The second-order valence-electron chi connectivity index (χ2n) is 4.40. The van der Waals surface area contributed by atoms with E-state index in [0.29, 0.717) is 17.5 Å². The highest BCUT2D eigenvalue weighted by molar-refractivity contribution is 6.01. The molecule has 3 N–H and O–H groups in total. The number of ether oxygens (including phenoxy) is 1. The Labute approximate surface area is 112 Å². The number of aromatic nitrogens is 2. The maximum absolute atomic E-state index is 8.80. The van der Waals surface area contributed by atoms with Gasteiger partial charge in [0.25, 0.3) is 0 Å². The van der Waals surface area contributed by atoms with Crippen LogP contribution in [-0.2, 0) is 4.74 Å². The summed E-state index contributed by atoms with van der Waals surface area (Å²) in [7, 11) is 0. The summed E-state index contributed by atoms with van der Waals surface area (Å²) in [6.07, 6.45) is 3.73. The van der Waals surface area contributed by atoms with Gasteiger partial charge >= 0.3 is 0 Å². The van der Waals surface area contributed by atoms with Crippen molar-refractivity contribution in [1.29, 1.82) is 0 Å². The molecular weight excluding hydrogens is 246 g/mol. The number of rotatable bonds is 4. The molecule has 7 heteroatoms. The third-order valence-corrected chi connectivity index (χ3v) is 3.23. The second kappa shape index (κ2) is 6.33. The molecule has 1 aliphatic rings. The van der Waals surface area contributed by atoms with E-state index in [1.165, 1.54) is 6.20 Å². The van der Waals surface area contributed by atoms with Gasteiger partial charge in [-0.3, -0.25) is 0 Å². The van der Waals surface area contributed by atoms with Crippen LogP contribution in [0.4, 0.5) is 5.82 Å². The predicted octanol–water partition coefficient (Wildman–Crippen LogP) is 0.576. The van der Waals surface area contributed by atoms with Crippen LogP contribution < -0.4 is 10.6 Å². The number of hydrogen-bond acceptors (Lipinski definition) is 6. The van der Waals surface area contributed by atoms with Gasteiger partial charge in [-0.05, 0) is 25.8 Å². The summed E-state index contributed by atoms with van der Waals surface area (Å²) in [6.45, 7) is 4.40. The lowest BCUT2D eigenvalue weighted by Gasteiger charge is -2.33. The maximum atomic E-state index is 8.80. The van der Waals surface area contributed by atoms with Gasteiger partial charge in [0.15, 0.2) is 11.7 Å². The van der Waals surface area contributed by atoms with Gasteiger partial charge in [0, 0.05) is 19.7 Å². The Morgan fingerprint density at radius 1 is 1.58 bits per heavy atom. The van der Waals surface area contributed by atoms with Gasteiger partial charge in [0.1, 0.15) is 0 Å². The molecule has 7 nitrogen and oxygen atoms in total. The van der Waals surface area contributed by atoms with Crippen molar-refractivity contribution in [3.63, 3.8) is 0 Å². The molecule has 1 aromatic heterocycles. The Balaban J connectivity index is 2.11. The Morgan fingerprint density at radius 2 is 2.32 bits per heavy atom. The molecule has 2 rings (SSSR count). The van der Waals surface area contributed by atoms with Crippen molar-refractivity contribution in [1.82, 2.24) is 10.2 Å². The lowest BCUT2D eigenvalue weighted by Crippen LogP contribution is -2.38. The van der Waals surface area contributed by atoms with E-state index < -0.39 is 0 Å². The summed E-state index contributed by atoms with van der Waals surface area (Å²) < 4.78 is 5.61. The molecule has 0 radical (unpaired) electrons. The van der Waals surface area contributed by atoms with Crippen molar-refractivity contribution in [2.75, 3.05) is 24.6 Å². The first-order valence-corrected chi connectivity index (χ1v) is 6.42. The second-order valence-corrected chi connectivity index (χ2v) is 4.40. The maximum Gasteiger partial charge on any atom is 0.173 e. The van der Waals surface area contributed by atoms with Crippen LogP contribution in [0.1, 0.15) is 25.3 Å². The fraction of sp³-hybridized carbons (Fsp3) is 0.583. The number of piperidine rings is 1. The minimum atomic E-state index is 0.0526. The zero-order valence-electron chi connectivity index (χ0n) is 11.0. The summed E-state index contributed by atoms with van der Waals surface area (Å²) in [6, 6.07) is 1.70. The molecule has 0 amide bonds. The van der Waals surface area contributed by atoms with Gasteiger partial charge in [-0.25, -0.2) is 0 Å². The fourth-order valence-corrected chi connectivity index (χ4v) is 2.28. The van der Waals surface area contributed by atoms with E-state index >= 15 is 0 Å². The van der Waals surface area contributed by atoms with Crippen molar-refractivity contribution >= 4 is 11.7 Å². The number of anilines is 1. The standard InChI is InChI=1S/C12H19N5O2/c1-2-19-9-4-7-17(8-5-9)12-10(11(13)16-18)3-6-14-15-12/h3,6,9,18H,2,4-5,7-8H2,1H3,(H2,13,16). The number of oxime groups is 1. The van der Waals surface area contributed by atoms with Crippen molar-refractivity contribution in [2.24, 2.45) is 10.9 Å². The van der Waals surface area contributed by atoms with E-state index in [4.69, 9.17) is 15.7 Å². The van der Waals surface area contributed by atoms with Crippen LogP contribution in [0.15, 0.2) is 17.4 Å². The Morgan fingerprint density at radius 3 is 2.95 bits per heavy atom. The van der Waals surface area contributed by atoms with Crippen LogP contribution in [0.5, 0.6) is 0 Å². The molecule has 0 spiro atoms. The average molecular weight is 265 g/mol. The van der Waals surface area contributed by atoms with Crippen molar-refractivity contribution in [3.05, 3.63) is 17.8 Å². The normalized spacial score (nSPS) is 17.7.